The van der Waals surface area contributed by atoms with E-state index in [2.05, 4.69) is 10.0 Å². The number of rotatable bonds is 5. The van der Waals surface area contributed by atoms with Gasteiger partial charge in [-0.2, -0.15) is 0 Å². The van der Waals surface area contributed by atoms with E-state index >= 15 is 0 Å². The van der Waals surface area contributed by atoms with Crippen LogP contribution < -0.4 is 10.0 Å². The number of hydrogen-bond acceptors (Lipinski definition) is 4. The first kappa shape index (κ1) is 15.3. The monoisotopic (exact) mass is 330 g/mol. The molecular formula is C13H15ClN2O2S2. The molecule has 0 aliphatic carbocycles. The van der Waals surface area contributed by atoms with Crippen LogP contribution in [-0.2, 0) is 16.6 Å². The fourth-order valence-corrected chi connectivity index (χ4v) is 4.27. The SMILES string of the molecule is CNCc1cc(S(=O)(=O)Nc2cccc(Cl)c2C)cs1. The van der Waals surface area contributed by atoms with Crippen LogP contribution in [0.4, 0.5) is 5.69 Å². The zero-order valence-electron chi connectivity index (χ0n) is 11.1. The molecular weight excluding hydrogens is 316 g/mol. The molecule has 1 aromatic heterocycles. The summed E-state index contributed by atoms with van der Waals surface area (Å²) in [5.41, 5.74) is 1.21. The van der Waals surface area contributed by atoms with Gasteiger partial charge in [0, 0.05) is 21.8 Å². The maximum Gasteiger partial charge on any atom is 0.262 e. The van der Waals surface area contributed by atoms with Crippen LogP contribution in [0, 0.1) is 6.92 Å². The second-order valence-corrected chi connectivity index (χ2v) is 7.38. The largest absolute Gasteiger partial charge is 0.315 e. The van der Waals surface area contributed by atoms with Crippen molar-refractivity contribution >= 4 is 38.6 Å². The minimum atomic E-state index is -3.58. The molecule has 108 valence electrons. The van der Waals surface area contributed by atoms with Crippen molar-refractivity contribution in [2.75, 3.05) is 11.8 Å². The van der Waals surface area contributed by atoms with Crippen molar-refractivity contribution in [1.29, 1.82) is 0 Å². The number of benzene rings is 1. The Hall–Kier alpha value is -1.08. The van der Waals surface area contributed by atoms with Crippen molar-refractivity contribution in [3.8, 4) is 0 Å². The maximum atomic E-state index is 12.3. The molecule has 0 unspecified atom stereocenters. The van der Waals surface area contributed by atoms with Crippen LogP contribution in [0.1, 0.15) is 10.4 Å². The molecule has 0 atom stereocenters. The van der Waals surface area contributed by atoms with Crippen molar-refractivity contribution in [1.82, 2.24) is 5.32 Å². The minimum Gasteiger partial charge on any atom is -0.315 e. The molecule has 0 saturated carbocycles. The zero-order valence-corrected chi connectivity index (χ0v) is 13.5. The molecule has 4 nitrogen and oxygen atoms in total. The highest BCUT2D eigenvalue weighted by molar-refractivity contribution is 7.92. The lowest BCUT2D eigenvalue weighted by molar-refractivity contribution is 0.601. The van der Waals surface area contributed by atoms with Gasteiger partial charge in [-0.3, -0.25) is 4.72 Å². The van der Waals surface area contributed by atoms with Gasteiger partial charge >= 0.3 is 0 Å². The van der Waals surface area contributed by atoms with E-state index in [4.69, 9.17) is 11.6 Å². The summed E-state index contributed by atoms with van der Waals surface area (Å²) in [5, 5.41) is 5.16. The summed E-state index contributed by atoms with van der Waals surface area (Å²) in [6.07, 6.45) is 0. The molecule has 0 aliphatic rings. The first-order valence-corrected chi connectivity index (χ1v) is 8.68. The Morgan fingerprint density at radius 3 is 2.80 bits per heavy atom. The fraction of sp³-hybridized carbons (Fsp3) is 0.231. The first-order valence-electron chi connectivity index (χ1n) is 5.94. The van der Waals surface area contributed by atoms with Crippen molar-refractivity contribution in [3.05, 3.63) is 45.1 Å². The van der Waals surface area contributed by atoms with E-state index in [-0.39, 0.29) is 4.90 Å². The van der Waals surface area contributed by atoms with Crippen LogP contribution in [0.25, 0.3) is 0 Å². The number of hydrogen-bond donors (Lipinski definition) is 2. The highest BCUT2D eigenvalue weighted by atomic mass is 35.5. The zero-order chi connectivity index (χ0) is 14.8. The van der Waals surface area contributed by atoms with E-state index in [9.17, 15) is 8.42 Å². The van der Waals surface area contributed by atoms with Crippen LogP contribution in [0.2, 0.25) is 5.02 Å². The summed E-state index contributed by atoms with van der Waals surface area (Å²) >= 11 is 7.40. The molecule has 0 bridgehead atoms. The van der Waals surface area contributed by atoms with E-state index in [0.29, 0.717) is 22.8 Å². The number of nitrogens with one attached hydrogen (secondary N) is 2. The van der Waals surface area contributed by atoms with E-state index in [1.165, 1.54) is 11.3 Å². The van der Waals surface area contributed by atoms with Gasteiger partial charge in [0.1, 0.15) is 0 Å². The molecule has 0 saturated heterocycles. The molecule has 1 heterocycles. The number of sulfonamides is 1. The molecule has 0 fully saturated rings. The summed E-state index contributed by atoms with van der Waals surface area (Å²) in [6, 6.07) is 6.81. The average molecular weight is 331 g/mol. The Kier molecular flexibility index (Phi) is 4.70. The standard InChI is InChI=1S/C13H15ClN2O2S2/c1-9-12(14)4-3-5-13(9)16-20(17,18)11-6-10(7-15-2)19-8-11/h3-6,8,15-16H,7H2,1-2H3. The van der Waals surface area contributed by atoms with Crippen LogP contribution in [-0.4, -0.2) is 15.5 Å². The molecule has 2 rings (SSSR count). The lowest BCUT2D eigenvalue weighted by atomic mass is 10.2. The third-order valence-corrected chi connectivity index (χ3v) is 5.64. The molecule has 2 N–H and O–H groups in total. The van der Waals surface area contributed by atoms with Crippen molar-refractivity contribution in [2.24, 2.45) is 0 Å². The van der Waals surface area contributed by atoms with Gasteiger partial charge in [-0.25, -0.2) is 8.42 Å². The fourth-order valence-electron chi connectivity index (χ4n) is 1.69. The van der Waals surface area contributed by atoms with Crippen LogP contribution in [0.15, 0.2) is 34.5 Å². The molecule has 7 heteroatoms. The summed E-state index contributed by atoms with van der Waals surface area (Å²) in [5.74, 6) is 0. The molecule has 0 amide bonds. The predicted molar refractivity (Wildman–Crippen MR) is 84.1 cm³/mol. The van der Waals surface area contributed by atoms with E-state index in [0.717, 1.165) is 4.88 Å². The Morgan fingerprint density at radius 2 is 2.10 bits per heavy atom. The second-order valence-electron chi connectivity index (χ2n) is 4.30. The molecule has 0 radical (unpaired) electrons. The van der Waals surface area contributed by atoms with E-state index in [1.807, 2.05) is 7.05 Å². The van der Waals surface area contributed by atoms with Gasteiger partial charge in [0.05, 0.1) is 10.6 Å². The van der Waals surface area contributed by atoms with Gasteiger partial charge in [0.15, 0.2) is 0 Å². The lowest BCUT2D eigenvalue weighted by Crippen LogP contribution is -2.13. The third kappa shape index (κ3) is 3.32. The molecule has 20 heavy (non-hydrogen) atoms. The van der Waals surface area contributed by atoms with Gasteiger partial charge in [-0.05, 0) is 37.7 Å². The minimum absolute atomic E-state index is 0.270. The molecule has 0 spiro atoms. The third-order valence-electron chi connectivity index (χ3n) is 2.80. The van der Waals surface area contributed by atoms with Gasteiger partial charge < -0.3 is 5.32 Å². The topological polar surface area (TPSA) is 58.2 Å². The Balaban J connectivity index is 2.28. The normalized spacial score (nSPS) is 11.6. The lowest BCUT2D eigenvalue weighted by Gasteiger charge is -2.10. The van der Waals surface area contributed by atoms with E-state index < -0.39 is 10.0 Å². The van der Waals surface area contributed by atoms with Crippen molar-refractivity contribution in [2.45, 2.75) is 18.4 Å². The first-order chi connectivity index (χ1) is 9.44. The summed E-state index contributed by atoms with van der Waals surface area (Å²) in [6.45, 7) is 2.43. The van der Waals surface area contributed by atoms with Crippen molar-refractivity contribution in [3.63, 3.8) is 0 Å². The average Bonchev–Trinajstić information content (AvgIpc) is 2.85. The highest BCUT2D eigenvalue weighted by Crippen LogP contribution is 2.27. The van der Waals surface area contributed by atoms with E-state index in [1.54, 1.807) is 36.6 Å². The highest BCUT2D eigenvalue weighted by Gasteiger charge is 2.17. The summed E-state index contributed by atoms with van der Waals surface area (Å²) in [7, 11) is -1.76. The Morgan fingerprint density at radius 1 is 1.35 bits per heavy atom. The summed E-state index contributed by atoms with van der Waals surface area (Å²) < 4.78 is 27.2. The second kappa shape index (κ2) is 6.13. The number of halogens is 1. The maximum absolute atomic E-state index is 12.3. The Bertz CT molecular complexity index is 711. The summed E-state index contributed by atoms with van der Waals surface area (Å²) in [4.78, 5) is 1.24. The van der Waals surface area contributed by atoms with Crippen LogP contribution >= 0.6 is 22.9 Å². The molecule has 1 aromatic carbocycles. The quantitative estimate of drug-likeness (QED) is 0.885. The van der Waals surface area contributed by atoms with Crippen LogP contribution in [0.3, 0.4) is 0 Å². The van der Waals surface area contributed by atoms with Gasteiger partial charge in [-0.1, -0.05) is 17.7 Å². The number of thiophene rings is 1. The predicted octanol–water partition coefficient (Wildman–Crippen LogP) is 3.23. The smallest absolute Gasteiger partial charge is 0.262 e. The van der Waals surface area contributed by atoms with Gasteiger partial charge in [0.25, 0.3) is 10.0 Å². The molecule has 0 aliphatic heterocycles. The van der Waals surface area contributed by atoms with Gasteiger partial charge in [-0.15, -0.1) is 11.3 Å². The van der Waals surface area contributed by atoms with Crippen molar-refractivity contribution < 1.29 is 8.42 Å². The molecule has 2 aromatic rings. The van der Waals surface area contributed by atoms with Crippen LogP contribution in [0.5, 0.6) is 0 Å². The van der Waals surface area contributed by atoms with Gasteiger partial charge in [0.2, 0.25) is 0 Å². The Labute approximate surface area is 127 Å². The number of anilines is 1.